The van der Waals surface area contributed by atoms with Crippen LogP contribution < -0.4 is 5.32 Å². The van der Waals surface area contributed by atoms with Gasteiger partial charge in [-0.25, -0.2) is 4.98 Å². The Hall–Kier alpha value is -3.09. The lowest BCUT2D eigenvalue weighted by atomic mass is 10.1. The molecule has 0 fully saturated rings. The second kappa shape index (κ2) is 6.80. The molecule has 0 saturated carbocycles. The van der Waals surface area contributed by atoms with Crippen molar-refractivity contribution >= 4 is 11.6 Å². The smallest absolute Gasteiger partial charge is 0.333 e. The summed E-state index contributed by atoms with van der Waals surface area (Å²) in [5, 5.41) is 2.50. The lowest BCUT2D eigenvalue weighted by Crippen LogP contribution is -2.13. The van der Waals surface area contributed by atoms with E-state index in [1.165, 1.54) is 12.1 Å². The Balaban J connectivity index is 1.75. The molecule has 0 atom stereocenters. The van der Waals surface area contributed by atoms with Crippen molar-refractivity contribution in [3.05, 3.63) is 83.9 Å². The molecule has 1 N–H and O–H groups in total. The van der Waals surface area contributed by atoms with Gasteiger partial charge in [0, 0.05) is 30.2 Å². The van der Waals surface area contributed by atoms with Crippen molar-refractivity contribution < 1.29 is 18.0 Å². The molecule has 3 aromatic rings. The highest BCUT2D eigenvalue weighted by molar-refractivity contribution is 6.04. The molecule has 1 aromatic heterocycles. The zero-order valence-electron chi connectivity index (χ0n) is 13.0. The fourth-order valence-corrected chi connectivity index (χ4v) is 2.38. The second-order valence-corrected chi connectivity index (χ2v) is 5.47. The normalized spacial score (nSPS) is 11.3. The minimum absolute atomic E-state index is 0.0971. The summed E-state index contributed by atoms with van der Waals surface area (Å²) in [5.74, 6) is -0.466. The largest absolute Gasteiger partial charge is 0.416 e. The summed E-state index contributed by atoms with van der Waals surface area (Å²) in [7, 11) is 0. The molecule has 0 aliphatic carbocycles. The van der Waals surface area contributed by atoms with Gasteiger partial charge in [-0.05, 0) is 35.9 Å². The van der Waals surface area contributed by atoms with Gasteiger partial charge >= 0.3 is 6.18 Å². The Bertz CT molecular complexity index is 873. The van der Waals surface area contributed by atoms with Crippen LogP contribution in [0.3, 0.4) is 0 Å². The standard InChI is InChI=1S/C18H14F3N3O/c19-18(20,21)15-5-2-6-16(10-15)23-17(25)14-4-1-3-13(9-14)11-24-8-7-22-12-24/h1-10,12H,11H2,(H,23,25). The van der Waals surface area contributed by atoms with Crippen molar-refractivity contribution in [3.8, 4) is 0 Å². The zero-order chi connectivity index (χ0) is 17.9. The van der Waals surface area contributed by atoms with E-state index in [2.05, 4.69) is 10.3 Å². The molecule has 128 valence electrons. The minimum atomic E-state index is -4.45. The van der Waals surface area contributed by atoms with Gasteiger partial charge in [-0.2, -0.15) is 13.2 Å². The third-order valence-corrected chi connectivity index (χ3v) is 3.56. The SMILES string of the molecule is O=C(Nc1cccc(C(F)(F)F)c1)c1cccc(Cn2ccnc2)c1. The van der Waals surface area contributed by atoms with Crippen molar-refractivity contribution in [1.29, 1.82) is 0 Å². The van der Waals surface area contributed by atoms with Gasteiger partial charge < -0.3 is 9.88 Å². The number of imidazole rings is 1. The molecule has 2 aromatic carbocycles. The number of nitrogens with zero attached hydrogens (tertiary/aromatic N) is 2. The van der Waals surface area contributed by atoms with Gasteiger partial charge in [0.2, 0.25) is 0 Å². The minimum Gasteiger partial charge on any atom is -0.333 e. The van der Waals surface area contributed by atoms with Gasteiger partial charge in [0.1, 0.15) is 0 Å². The Morgan fingerprint density at radius 1 is 1.12 bits per heavy atom. The number of anilines is 1. The summed E-state index contributed by atoms with van der Waals surface area (Å²) in [6.07, 6.45) is 0.667. The molecule has 3 rings (SSSR count). The highest BCUT2D eigenvalue weighted by Gasteiger charge is 2.30. The number of carbonyl (C=O) groups excluding carboxylic acids is 1. The molecule has 0 unspecified atom stereocenters. The van der Waals surface area contributed by atoms with Crippen LogP contribution in [-0.2, 0) is 12.7 Å². The number of halogens is 3. The summed E-state index contributed by atoms with van der Waals surface area (Å²) >= 11 is 0. The third kappa shape index (κ3) is 4.26. The maximum Gasteiger partial charge on any atom is 0.416 e. The quantitative estimate of drug-likeness (QED) is 0.770. The van der Waals surface area contributed by atoms with Gasteiger partial charge in [-0.15, -0.1) is 0 Å². The number of amides is 1. The number of alkyl halides is 3. The second-order valence-electron chi connectivity index (χ2n) is 5.47. The van der Waals surface area contributed by atoms with Crippen molar-refractivity contribution in [3.63, 3.8) is 0 Å². The van der Waals surface area contributed by atoms with E-state index >= 15 is 0 Å². The molecular formula is C18H14F3N3O. The first-order valence-electron chi connectivity index (χ1n) is 7.45. The highest BCUT2D eigenvalue weighted by atomic mass is 19.4. The number of nitrogens with one attached hydrogen (secondary N) is 1. The van der Waals surface area contributed by atoms with E-state index in [9.17, 15) is 18.0 Å². The predicted octanol–water partition coefficient (Wildman–Crippen LogP) is 4.20. The van der Waals surface area contributed by atoms with Gasteiger partial charge in [0.25, 0.3) is 5.91 Å². The Kier molecular flexibility index (Phi) is 4.56. The molecule has 0 spiro atoms. The number of rotatable bonds is 4. The highest BCUT2D eigenvalue weighted by Crippen LogP contribution is 2.30. The molecule has 0 bridgehead atoms. The van der Waals surface area contributed by atoms with E-state index in [4.69, 9.17) is 0 Å². The third-order valence-electron chi connectivity index (χ3n) is 3.56. The Labute approximate surface area is 141 Å². The van der Waals surface area contributed by atoms with Gasteiger partial charge in [0.05, 0.1) is 11.9 Å². The average Bonchev–Trinajstić information content (AvgIpc) is 3.07. The average molecular weight is 345 g/mol. The molecule has 0 radical (unpaired) electrons. The fraction of sp³-hybridized carbons (Fsp3) is 0.111. The van der Waals surface area contributed by atoms with Crippen molar-refractivity contribution in [2.45, 2.75) is 12.7 Å². The topological polar surface area (TPSA) is 46.9 Å². The lowest BCUT2D eigenvalue weighted by molar-refractivity contribution is -0.137. The van der Waals surface area contributed by atoms with Crippen LogP contribution in [0.2, 0.25) is 0 Å². The van der Waals surface area contributed by atoms with Crippen molar-refractivity contribution in [1.82, 2.24) is 9.55 Å². The van der Waals surface area contributed by atoms with Crippen molar-refractivity contribution in [2.75, 3.05) is 5.32 Å². The van der Waals surface area contributed by atoms with Crippen molar-refractivity contribution in [2.24, 2.45) is 0 Å². The molecule has 7 heteroatoms. The molecule has 0 aliphatic heterocycles. The lowest BCUT2D eigenvalue weighted by Gasteiger charge is -2.10. The predicted molar refractivity (Wildman–Crippen MR) is 87.2 cm³/mol. The first-order chi connectivity index (χ1) is 11.9. The van der Waals surface area contributed by atoms with Crippen LogP contribution in [0.25, 0.3) is 0 Å². The van der Waals surface area contributed by atoms with Crippen LogP contribution in [0.15, 0.2) is 67.3 Å². The van der Waals surface area contributed by atoms with Gasteiger partial charge in [0.15, 0.2) is 0 Å². The monoisotopic (exact) mass is 345 g/mol. The van der Waals surface area contributed by atoms with Crippen LogP contribution >= 0.6 is 0 Å². The summed E-state index contributed by atoms with van der Waals surface area (Å²) < 4.78 is 40.1. The van der Waals surface area contributed by atoms with Crippen LogP contribution in [0, 0.1) is 0 Å². The summed E-state index contributed by atoms with van der Waals surface area (Å²) in [4.78, 5) is 16.3. The van der Waals surface area contributed by atoms with Gasteiger partial charge in [-0.1, -0.05) is 18.2 Å². The van der Waals surface area contributed by atoms with Crippen LogP contribution in [0.5, 0.6) is 0 Å². The van der Waals surface area contributed by atoms with E-state index in [-0.39, 0.29) is 5.69 Å². The molecule has 1 amide bonds. The first-order valence-corrected chi connectivity index (χ1v) is 7.45. The maximum atomic E-state index is 12.7. The fourth-order valence-electron chi connectivity index (χ4n) is 2.38. The summed E-state index contributed by atoms with van der Waals surface area (Å²) in [5.41, 5.74) is 0.545. The number of aromatic nitrogens is 2. The summed E-state index contributed by atoms with van der Waals surface area (Å²) in [6, 6.07) is 11.4. The van der Waals surface area contributed by atoms with E-state index in [0.29, 0.717) is 12.1 Å². The molecular weight excluding hydrogens is 331 g/mol. The number of hydrogen-bond acceptors (Lipinski definition) is 2. The Morgan fingerprint density at radius 3 is 2.64 bits per heavy atom. The van der Waals surface area contributed by atoms with Crippen LogP contribution in [0.4, 0.5) is 18.9 Å². The van der Waals surface area contributed by atoms with E-state index in [0.717, 1.165) is 17.7 Å². The number of benzene rings is 2. The molecule has 25 heavy (non-hydrogen) atoms. The number of carbonyl (C=O) groups is 1. The first kappa shape index (κ1) is 16.8. The van der Waals surface area contributed by atoms with Crippen LogP contribution in [0.1, 0.15) is 21.5 Å². The summed E-state index contributed by atoms with van der Waals surface area (Å²) in [6.45, 7) is 0.546. The van der Waals surface area contributed by atoms with E-state index in [1.807, 2.05) is 10.6 Å². The molecule has 0 saturated heterocycles. The number of hydrogen-bond donors (Lipinski definition) is 1. The zero-order valence-corrected chi connectivity index (χ0v) is 13.0. The maximum absolute atomic E-state index is 12.7. The molecule has 1 heterocycles. The van der Waals surface area contributed by atoms with Gasteiger partial charge in [-0.3, -0.25) is 4.79 Å². The van der Waals surface area contributed by atoms with E-state index < -0.39 is 17.6 Å². The van der Waals surface area contributed by atoms with Crippen LogP contribution in [-0.4, -0.2) is 15.5 Å². The molecule has 4 nitrogen and oxygen atoms in total. The van der Waals surface area contributed by atoms with E-state index in [1.54, 1.807) is 36.9 Å². The molecule has 0 aliphatic rings. The Morgan fingerprint density at radius 2 is 1.92 bits per heavy atom.